The van der Waals surface area contributed by atoms with Crippen molar-refractivity contribution < 1.29 is 19.0 Å². The molecule has 24 heavy (non-hydrogen) atoms. The van der Waals surface area contributed by atoms with Crippen LogP contribution in [-0.2, 0) is 11.2 Å². The first-order valence-corrected chi connectivity index (χ1v) is 8.31. The Hall–Kier alpha value is -1.95. The van der Waals surface area contributed by atoms with Gasteiger partial charge >= 0.3 is 6.03 Å². The fourth-order valence-corrected chi connectivity index (χ4v) is 3.28. The number of nitrogens with one attached hydrogen (secondary N) is 1. The minimum Gasteiger partial charge on any atom is -0.493 e. The molecule has 0 bridgehead atoms. The maximum absolute atomic E-state index is 12.6. The van der Waals surface area contributed by atoms with Crippen LogP contribution in [0.4, 0.5) is 4.79 Å². The zero-order chi connectivity index (χ0) is 17.7. The molecular weight excluding hydrogens is 308 g/mol. The van der Waals surface area contributed by atoms with E-state index in [0.717, 1.165) is 17.7 Å². The predicted molar refractivity (Wildman–Crippen MR) is 92.8 cm³/mol. The van der Waals surface area contributed by atoms with Gasteiger partial charge in [0.05, 0.1) is 26.9 Å². The number of fused-ring (bicyclic) bond motifs is 1. The fraction of sp³-hybridized carbons (Fsp3) is 0.611. The zero-order valence-electron chi connectivity index (χ0n) is 15.2. The van der Waals surface area contributed by atoms with Crippen LogP contribution >= 0.6 is 0 Å². The van der Waals surface area contributed by atoms with Crippen molar-refractivity contribution in [3.63, 3.8) is 0 Å². The number of methoxy groups -OCH3 is 3. The molecule has 1 atom stereocenters. The first kappa shape index (κ1) is 18.4. The third kappa shape index (κ3) is 3.75. The maximum atomic E-state index is 12.6. The predicted octanol–water partition coefficient (Wildman–Crippen LogP) is 2.62. The standard InChI is InChI=1S/C18H28N2O4/c1-12(2)17-14-11-16(24-5)15(23-4)10-13(14)6-8-20(17)18(21)19-7-9-22-3/h10-12,17H,6-9H2,1-5H3,(H,19,21). The molecule has 2 amide bonds. The molecule has 1 unspecified atom stereocenters. The second-order valence-corrected chi connectivity index (χ2v) is 6.26. The largest absolute Gasteiger partial charge is 0.493 e. The summed E-state index contributed by atoms with van der Waals surface area (Å²) in [6.45, 7) is 5.96. The minimum absolute atomic E-state index is 0.0103. The van der Waals surface area contributed by atoms with Crippen LogP contribution in [0.25, 0.3) is 0 Å². The van der Waals surface area contributed by atoms with E-state index in [2.05, 4.69) is 19.2 Å². The Morgan fingerprint density at radius 1 is 1.25 bits per heavy atom. The lowest BCUT2D eigenvalue weighted by molar-refractivity contribution is 0.142. The van der Waals surface area contributed by atoms with Crippen molar-refractivity contribution in [3.8, 4) is 11.5 Å². The molecule has 1 N–H and O–H groups in total. The molecule has 1 aromatic carbocycles. The second-order valence-electron chi connectivity index (χ2n) is 6.26. The maximum Gasteiger partial charge on any atom is 0.318 e. The Bertz CT molecular complexity index is 574. The van der Waals surface area contributed by atoms with E-state index in [0.29, 0.717) is 25.4 Å². The number of benzene rings is 1. The normalized spacial score (nSPS) is 16.8. The molecule has 0 radical (unpaired) electrons. The highest BCUT2D eigenvalue weighted by Crippen LogP contribution is 2.40. The minimum atomic E-state index is -0.0498. The van der Waals surface area contributed by atoms with Crippen LogP contribution in [0, 0.1) is 5.92 Å². The van der Waals surface area contributed by atoms with Crippen LogP contribution in [0.15, 0.2) is 12.1 Å². The molecule has 1 aliphatic heterocycles. The molecule has 6 nitrogen and oxygen atoms in total. The number of rotatable bonds is 6. The van der Waals surface area contributed by atoms with E-state index < -0.39 is 0 Å². The first-order chi connectivity index (χ1) is 11.5. The van der Waals surface area contributed by atoms with Gasteiger partial charge in [-0.15, -0.1) is 0 Å². The lowest BCUT2D eigenvalue weighted by atomic mass is 9.86. The Morgan fingerprint density at radius 2 is 1.92 bits per heavy atom. The van der Waals surface area contributed by atoms with E-state index in [9.17, 15) is 4.79 Å². The summed E-state index contributed by atoms with van der Waals surface area (Å²) in [6.07, 6.45) is 0.802. The quantitative estimate of drug-likeness (QED) is 0.811. The summed E-state index contributed by atoms with van der Waals surface area (Å²) in [7, 11) is 4.90. The molecule has 2 rings (SSSR count). The van der Waals surface area contributed by atoms with E-state index >= 15 is 0 Å². The van der Waals surface area contributed by atoms with Gasteiger partial charge in [0.2, 0.25) is 0 Å². The smallest absolute Gasteiger partial charge is 0.318 e. The number of ether oxygens (including phenoxy) is 3. The topological polar surface area (TPSA) is 60.0 Å². The Kier molecular flexibility index (Phi) is 6.31. The van der Waals surface area contributed by atoms with Crippen molar-refractivity contribution >= 4 is 6.03 Å². The highest BCUT2D eigenvalue weighted by atomic mass is 16.5. The highest BCUT2D eigenvalue weighted by Gasteiger charge is 2.33. The van der Waals surface area contributed by atoms with Gasteiger partial charge in [-0.25, -0.2) is 4.79 Å². The van der Waals surface area contributed by atoms with E-state index in [-0.39, 0.29) is 18.0 Å². The summed E-state index contributed by atoms with van der Waals surface area (Å²) in [6, 6.07) is 4.00. The van der Waals surface area contributed by atoms with Gasteiger partial charge in [-0.05, 0) is 35.6 Å². The number of hydrogen-bond acceptors (Lipinski definition) is 4. The van der Waals surface area contributed by atoms with E-state index in [1.54, 1.807) is 21.3 Å². The van der Waals surface area contributed by atoms with E-state index in [4.69, 9.17) is 14.2 Å². The van der Waals surface area contributed by atoms with Gasteiger partial charge in [-0.2, -0.15) is 0 Å². The summed E-state index contributed by atoms with van der Waals surface area (Å²) in [5.41, 5.74) is 2.35. The SMILES string of the molecule is COCCNC(=O)N1CCc2cc(OC)c(OC)cc2C1C(C)C. The van der Waals surface area contributed by atoms with Gasteiger partial charge in [0.15, 0.2) is 11.5 Å². The zero-order valence-corrected chi connectivity index (χ0v) is 15.2. The Morgan fingerprint density at radius 3 is 2.50 bits per heavy atom. The Labute approximate surface area is 144 Å². The average molecular weight is 336 g/mol. The number of nitrogens with zero attached hydrogens (tertiary/aromatic N) is 1. The van der Waals surface area contributed by atoms with Crippen molar-refractivity contribution in [1.82, 2.24) is 10.2 Å². The molecule has 0 spiro atoms. The van der Waals surface area contributed by atoms with Crippen LogP contribution in [-0.4, -0.2) is 52.0 Å². The highest BCUT2D eigenvalue weighted by molar-refractivity contribution is 5.75. The summed E-state index contributed by atoms with van der Waals surface area (Å²) >= 11 is 0. The molecule has 0 saturated carbocycles. The van der Waals surface area contributed by atoms with Crippen LogP contribution in [0.5, 0.6) is 11.5 Å². The van der Waals surface area contributed by atoms with Crippen LogP contribution < -0.4 is 14.8 Å². The number of carbonyl (C=O) groups is 1. The number of urea groups is 1. The third-order valence-corrected chi connectivity index (χ3v) is 4.40. The molecule has 6 heteroatoms. The van der Waals surface area contributed by atoms with Gasteiger partial charge in [0, 0.05) is 20.2 Å². The third-order valence-electron chi connectivity index (χ3n) is 4.40. The van der Waals surface area contributed by atoms with Crippen molar-refractivity contribution in [2.75, 3.05) is 41.0 Å². The Balaban J connectivity index is 2.32. The van der Waals surface area contributed by atoms with Crippen molar-refractivity contribution in [2.24, 2.45) is 5.92 Å². The molecule has 0 saturated heterocycles. The molecule has 1 aromatic rings. The van der Waals surface area contributed by atoms with Crippen LogP contribution in [0.3, 0.4) is 0 Å². The summed E-state index contributed by atoms with van der Waals surface area (Å²) < 4.78 is 15.9. The van der Waals surface area contributed by atoms with E-state index in [1.165, 1.54) is 5.56 Å². The second kappa shape index (κ2) is 8.24. The summed E-state index contributed by atoms with van der Waals surface area (Å²) in [5.74, 6) is 1.72. The number of hydrogen-bond donors (Lipinski definition) is 1. The van der Waals surface area contributed by atoms with Gasteiger partial charge < -0.3 is 24.4 Å². The molecule has 1 heterocycles. The first-order valence-electron chi connectivity index (χ1n) is 8.31. The van der Waals surface area contributed by atoms with Gasteiger partial charge in [-0.3, -0.25) is 0 Å². The molecule has 134 valence electrons. The fourth-order valence-electron chi connectivity index (χ4n) is 3.28. The molecule has 0 fully saturated rings. The molecule has 0 aromatic heterocycles. The van der Waals surface area contributed by atoms with Gasteiger partial charge in [0.25, 0.3) is 0 Å². The van der Waals surface area contributed by atoms with E-state index in [1.807, 2.05) is 17.0 Å². The molecule has 0 aliphatic carbocycles. The molecule has 1 aliphatic rings. The lowest BCUT2D eigenvalue weighted by Gasteiger charge is -2.40. The van der Waals surface area contributed by atoms with Crippen LogP contribution in [0.2, 0.25) is 0 Å². The number of carbonyl (C=O) groups excluding carboxylic acids is 1. The number of amides is 2. The monoisotopic (exact) mass is 336 g/mol. The van der Waals surface area contributed by atoms with Crippen molar-refractivity contribution in [2.45, 2.75) is 26.3 Å². The lowest BCUT2D eigenvalue weighted by Crippen LogP contribution is -2.47. The summed E-state index contributed by atoms with van der Waals surface area (Å²) in [4.78, 5) is 14.5. The van der Waals surface area contributed by atoms with Gasteiger partial charge in [0.1, 0.15) is 0 Å². The average Bonchev–Trinajstić information content (AvgIpc) is 2.59. The van der Waals surface area contributed by atoms with Crippen LogP contribution in [0.1, 0.15) is 31.0 Å². The molecular formula is C18H28N2O4. The van der Waals surface area contributed by atoms with Gasteiger partial charge in [-0.1, -0.05) is 13.8 Å². The van der Waals surface area contributed by atoms with Crippen molar-refractivity contribution in [3.05, 3.63) is 23.3 Å². The van der Waals surface area contributed by atoms with Crippen molar-refractivity contribution in [1.29, 1.82) is 0 Å². The summed E-state index contributed by atoms with van der Waals surface area (Å²) in [5, 5.41) is 2.93.